The van der Waals surface area contributed by atoms with E-state index in [2.05, 4.69) is 15.3 Å². The number of nitrogens with zero attached hydrogens (tertiary/aromatic N) is 3. The van der Waals surface area contributed by atoms with E-state index in [1.54, 1.807) is 41.8 Å². The van der Waals surface area contributed by atoms with Crippen molar-refractivity contribution in [3.63, 3.8) is 0 Å². The van der Waals surface area contributed by atoms with Gasteiger partial charge in [0.2, 0.25) is 0 Å². The highest BCUT2D eigenvalue weighted by Crippen LogP contribution is 2.29. The highest BCUT2D eigenvalue weighted by Gasteiger charge is 2.15. The highest BCUT2D eigenvalue weighted by atomic mass is 35.5. The number of hydrogen-bond donors (Lipinski definition) is 2. The molecule has 0 bridgehead atoms. The van der Waals surface area contributed by atoms with Crippen LogP contribution in [0.1, 0.15) is 22.8 Å². The Morgan fingerprint density at radius 1 is 1.21 bits per heavy atom. The molecule has 0 aliphatic carbocycles. The number of carbonyl (C=O) groups is 1. The largest absolute Gasteiger partial charge is 0.493 e. The lowest BCUT2D eigenvalue weighted by atomic mass is 10.1. The summed E-state index contributed by atoms with van der Waals surface area (Å²) in [5, 5.41) is 13.8. The highest BCUT2D eigenvalue weighted by molar-refractivity contribution is 6.31. The Kier molecular flexibility index (Phi) is 6.46. The summed E-state index contributed by atoms with van der Waals surface area (Å²) in [6.45, 7) is 4.94. The maximum atomic E-state index is 14.4. The fourth-order valence-corrected chi connectivity index (χ4v) is 3.98. The van der Waals surface area contributed by atoms with Crippen molar-refractivity contribution in [1.29, 1.82) is 0 Å². The molecule has 0 atom stereocenters. The molecular formula is C24H22ClFN4O3. The van der Waals surface area contributed by atoms with Gasteiger partial charge in [-0.1, -0.05) is 23.7 Å². The number of ether oxygens (including phenoxy) is 1. The monoisotopic (exact) mass is 468 g/mol. The average molecular weight is 469 g/mol. The fraction of sp³-hybridized carbons (Fsp3) is 0.208. The van der Waals surface area contributed by atoms with Crippen LogP contribution in [0.5, 0.6) is 5.75 Å². The van der Waals surface area contributed by atoms with Gasteiger partial charge in [-0.3, -0.25) is 0 Å². The van der Waals surface area contributed by atoms with E-state index >= 15 is 0 Å². The summed E-state index contributed by atoms with van der Waals surface area (Å²) in [5.74, 6) is -0.522. The van der Waals surface area contributed by atoms with Gasteiger partial charge < -0.3 is 19.7 Å². The number of benzene rings is 2. The average Bonchev–Trinajstić information content (AvgIpc) is 3.14. The zero-order chi connectivity index (χ0) is 23.5. The SMILES string of the molecule is CCOc1cc(-c2cc(NCCn3c(Cl)cc4c(C)ccc(F)c43)ncn2)ccc1C(=O)O. The van der Waals surface area contributed by atoms with Crippen LogP contribution in [-0.2, 0) is 6.54 Å². The van der Waals surface area contributed by atoms with Gasteiger partial charge in [-0.2, -0.15) is 0 Å². The third kappa shape index (κ3) is 4.61. The third-order valence-electron chi connectivity index (χ3n) is 5.29. The molecule has 0 aliphatic rings. The molecule has 0 amide bonds. The smallest absolute Gasteiger partial charge is 0.339 e. The maximum Gasteiger partial charge on any atom is 0.339 e. The minimum atomic E-state index is -1.06. The number of carboxylic acid groups (broad SMARTS) is 1. The molecule has 2 aromatic carbocycles. The van der Waals surface area contributed by atoms with E-state index in [9.17, 15) is 14.3 Å². The van der Waals surface area contributed by atoms with Gasteiger partial charge >= 0.3 is 5.97 Å². The van der Waals surface area contributed by atoms with E-state index in [0.29, 0.717) is 47.4 Å². The molecule has 0 saturated carbocycles. The first-order chi connectivity index (χ1) is 15.9. The van der Waals surface area contributed by atoms with Crippen molar-refractivity contribution < 1.29 is 19.0 Å². The van der Waals surface area contributed by atoms with E-state index < -0.39 is 5.97 Å². The van der Waals surface area contributed by atoms with Crippen LogP contribution < -0.4 is 10.1 Å². The molecule has 170 valence electrons. The third-order valence-corrected chi connectivity index (χ3v) is 5.61. The molecule has 2 aromatic heterocycles. The molecular weight excluding hydrogens is 447 g/mol. The Labute approximate surface area is 194 Å². The van der Waals surface area contributed by atoms with Gasteiger partial charge in [0.25, 0.3) is 0 Å². The van der Waals surface area contributed by atoms with E-state index in [1.165, 1.54) is 18.5 Å². The van der Waals surface area contributed by atoms with Crippen molar-refractivity contribution in [2.45, 2.75) is 20.4 Å². The summed E-state index contributed by atoms with van der Waals surface area (Å²) < 4.78 is 21.6. The van der Waals surface area contributed by atoms with Crippen molar-refractivity contribution in [2.24, 2.45) is 0 Å². The van der Waals surface area contributed by atoms with Crippen LogP contribution in [0, 0.1) is 12.7 Å². The van der Waals surface area contributed by atoms with E-state index in [1.807, 2.05) is 6.92 Å². The van der Waals surface area contributed by atoms with Crippen LogP contribution in [0.2, 0.25) is 5.15 Å². The second-order valence-electron chi connectivity index (χ2n) is 7.41. The number of hydrogen-bond acceptors (Lipinski definition) is 5. The van der Waals surface area contributed by atoms with Crippen LogP contribution in [0.15, 0.2) is 48.8 Å². The molecule has 0 unspecified atom stereocenters. The number of aromatic carboxylic acids is 1. The van der Waals surface area contributed by atoms with Gasteiger partial charge in [0.1, 0.15) is 34.4 Å². The Bertz CT molecular complexity index is 1340. The van der Waals surface area contributed by atoms with Crippen molar-refractivity contribution in [1.82, 2.24) is 14.5 Å². The van der Waals surface area contributed by atoms with Crippen LogP contribution in [0.3, 0.4) is 0 Å². The summed E-state index contributed by atoms with van der Waals surface area (Å²) >= 11 is 6.36. The zero-order valence-electron chi connectivity index (χ0n) is 18.1. The first kappa shape index (κ1) is 22.5. The lowest BCUT2D eigenvalue weighted by molar-refractivity contribution is 0.0692. The Balaban J connectivity index is 1.53. The van der Waals surface area contributed by atoms with Gasteiger partial charge in [0.05, 0.1) is 17.8 Å². The van der Waals surface area contributed by atoms with Crippen molar-refractivity contribution in [3.05, 3.63) is 70.9 Å². The number of halogens is 2. The molecule has 4 rings (SSSR count). The molecule has 0 spiro atoms. The minimum absolute atomic E-state index is 0.0892. The number of carboxylic acids is 1. The molecule has 2 heterocycles. The molecule has 7 nitrogen and oxygen atoms in total. The number of aryl methyl sites for hydroxylation is 1. The maximum absolute atomic E-state index is 14.4. The molecule has 0 saturated heterocycles. The summed E-state index contributed by atoms with van der Waals surface area (Å²) in [4.78, 5) is 19.9. The summed E-state index contributed by atoms with van der Waals surface area (Å²) in [5.41, 5.74) is 2.83. The van der Waals surface area contributed by atoms with Crippen LogP contribution in [-0.4, -0.2) is 38.8 Å². The number of nitrogens with one attached hydrogen (secondary N) is 1. The topological polar surface area (TPSA) is 89.3 Å². The number of fused-ring (bicyclic) bond motifs is 1. The predicted octanol–water partition coefficient (Wildman–Crippen LogP) is 5.41. The standard InChI is InChI=1S/C24H22ClFN4O3/c1-3-33-20-10-15(5-6-16(20)24(31)32)19-12-22(29-13-28-19)27-8-9-30-21(25)11-17-14(2)4-7-18(26)23(17)30/h4-7,10-13H,3,8-9H2,1-2H3,(H,31,32)(H,27,28,29). The van der Waals surface area contributed by atoms with E-state index in [4.69, 9.17) is 16.3 Å². The second-order valence-corrected chi connectivity index (χ2v) is 7.80. The first-order valence-electron chi connectivity index (χ1n) is 10.4. The van der Waals surface area contributed by atoms with Crippen LogP contribution >= 0.6 is 11.6 Å². The Morgan fingerprint density at radius 2 is 2.03 bits per heavy atom. The van der Waals surface area contributed by atoms with E-state index in [0.717, 1.165) is 10.9 Å². The minimum Gasteiger partial charge on any atom is -0.493 e. The number of aromatic nitrogens is 3. The number of rotatable bonds is 8. The number of anilines is 1. The quantitative estimate of drug-likeness (QED) is 0.359. The van der Waals surface area contributed by atoms with Crippen molar-refractivity contribution in [3.8, 4) is 17.0 Å². The molecule has 0 aliphatic heterocycles. The van der Waals surface area contributed by atoms with Gasteiger partial charge in [-0.25, -0.2) is 19.2 Å². The van der Waals surface area contributed by atoms with Crippen LogP contribution in [0.25, 0.3) is 22.2 Å². The van der Waals surface area contributed by atoms with Gasteiger partial charge in [-0.05, 0) is 43.7 Å². The van der Waals surface area contributed by atoms with Crippen LogP contribution in [0.4, 0.5) is 10.2 Å². The van der Waals surface area contributed by atoms with Crippen molar-refractivity contribution >= 4 is 34.3 Å². The fourth-order valence-electron chi connectivity index (χ4n) is 3.70. The predicted molar refractivity (Wildman–Crippen MR) is 126 cm³/mol. The lowest BCUT2D eigenvalue weighted by Crippen LogP contribution is -2.12. The summed E-state index contributed by atoms with van der Waals surface area (Å²) in [6, 6.07) is 11.5. The lowest BCUT2D eigenvalue weighted by Gasteiger charge is -2.12. The van der Waals surface area contributed by atoms with Gasteiger partial charge in [0.15, 0.2) is 0 Å². The normalized spacial score (nSPS) is 11.0. The van der Waals surface area contributed by atoms with Crippen molar-refractivity contribution in [2.75, 3.05) is 18.5 Å². The molecule has 33 heavy (non-hydrogen) atoms. The van der Waals surface area contributed by atoms with Gasteiger partial charge in [-0.15, -0.1) is 0 Å². The van der Waals surface area contributed by atoms with Gasteiger partial charge in [0, 0.05) is 30.1 Å². The Morgan fingerprint density at radius 3 is 2.79 bits per heavy atom. The first-order valence-corrected chi connectivity index (χ1v) is 10.8. The summed E-state index contributed by atoms with van der Waals surface area (Å²) in [6.07, 6.45) is 1.42. The molecule has 0 fully saturated rings. The second kappa shape index (κ2) is 9.46. The van der Waals surface area contributed by atoms with E-state index in [-0.39, 0.29) is 17.1 Å². The summed E-state index contributed by atoms with van der Waals surface area (Å²) in [7, 11) is 0. The Hall–Kier alpha value is -3.65. The molecule has 2 N–H and O–H groups in total. The zero-order valence-corrected chi connectivity index (χ0v) is 18.9. The molecule has 4 aromatic rings. The molecule has 9 heteroatoms. The molecule has 0 radical (unpaired) electrons.